The first-order valence-electron chi connectivity index (χ1n) is 10.2. The number of carbonyl (C=O) groups excluding carboxylic acids is 2. The number of fused-ring (bicyclic) bond motifs is 1. The molecule has 5 nitrogen and oxygen atoms in total. The Kier molecular flexibility index (Phi) is 7.02. The molecule has 3 aromatic rings. The summed E-state index contributed by atoms with van der Waals surface area (Å²) in [6.07, 6.45) is 1.75. The molecule has 1 heterocycles. The average Bonchev–Trinajstić information content (AvgIpc) is 3.07. The second-order valence-electron chi connectivity index (χ2n) is 7.67. The van der Waals surface area contributed by atoms with Gasteiger partial charge >= 0.3 is 5.97 Å². The maximum atomic E-state index is 13.5. The highest BCUT2D eigenvalue weighted by molar-refractivity contribution is 6.01. The van der Waals surface area contributed by atoms with Gasteiger partial charge in [-0.3, -0.25) is 9.59 Å². The number of benzene rings is 2. The molecule has 0 saturated carbocycles. The molecule has 0 saturated heterocycles. The Morgan fingerprint density at radius 3 is 2.45 bits per heavy atom. The molecular weight excluding hydrogens is 397 g/mol. The Balaban J connectivity index is 2.04. The minimum absolute atomic E-state index is 0.122. The van der Waals surface area contributed by atoms with Gasteiger partial charge in [-0.25, -0.2) is 4.39 Å². The van der Waals surface area contributed by atoms with E-state index in [4.69, 9.17) is 0 Å². The highest BCUT2D eigenvalue weighted by Gasteiger charge is 2.19. The number of halogens is 1. The number of para-hydroxylation sites is 1. The number of aliphatic hydroxyl groups excluding tert-OH is 1. The van der Waals surface area contributed by atoms with E-state index in [1.807, 2.05) is 24.3 Å². The lowest BCUT2D eigenvalue weighted by Gasteiger charge is -2.14. The number of esters is 1. The van der Waals surface area contributed by atoms with Gasteiger partial charge in [0.25, 0.3) is 0 Å². The molecule has 0 radical (unpaired) electrons. The van der Waals surface area contributed by atoms with Crippen molar-refractivity contribution in [3.63, 3.8) is 0 Å². The molecule has 1 N–H and O–H groups in total. The lowest BCUT2D eigenvalue weighted by molar-refractivity contribution is -0.143. The fourth-order valence-electron chi connectivity index (χ4n) is 3.73. The summed E-state index contributed by atoms with van der Waals surface area (Å²) >= 11 is 0. The van der Waals surface area contributed by atoms with Crippen molar-refractivity contribution in [1.29, 1.82) is 0 Å². The molecule has 0 unspecified atom stereocenters. The van der Waals surface area contributed by atoms with E-state index in [9.17, 15) is 19.1 Å². The number of Topliss-reactive ketones (excluding diaryl/α,β-unsaturated/α-hetero) is 1. The third-order valence-electron chi connectivity index (χ3n) is 5.08. The number of carbonyl (C=O) groups is 2. The van der Waals surface area contributed by atoms with E-state index in [1.165, 1.54) is 19.2 Å². The number of hydrogen-bond donors (Lipinski definition) is 1. The number of ether oxygens (including phenoxy) is 1. The van der Waals surface area contributed by atoms with Crippen molar-refractivity contribution in [3.05, 3.63) is 66.1 Å². The Hall–Kier alpha value is -3.25. The van der Waals surface area contributed by atoms with Gasteiger partial charge in [0.05, 0.1) is 13.2 Å². The van der Waals surface area contributed by atoms with Gasteiger partial charge in [0.15, 0.2) is 0 Å². The maximum Gasteiger partial charge on any atom is 0.313 e. The number of aliphatic hydroxyl groups is 1. The lowest BCUT2D eigenvalue weighted by atomic mass is 10.0. The van der Waals surface area contributed by atoms with E-state index in [0.29, 0.717) is 0 Å². The summed E-state index contributed by atoms with van der Waals surface area (Å²) in [5.74, 6) is -1.33. The molecular formula is C25H26FNO4. The zero-order valence-electron chi connectivity index (χ0n) is 17.8. The van der Waals surface area contributed by atoms with Gasteiger partial charge in [-0.15, -0.1) is 0 Å². The summed E-state index contributed by atoms with van der Waals surface area (Å²) in [4.78, 5) is 23.2. The van der Waals surface area contributed by atoms with Crippen molar-refractivity contribution in [2.24, 2.45) is 0 Å². The molecule has 0 bridgehead atoms. The highest BCUT2D eigenvalue weighted by Crippen LogP contribution is 2.38. The summed E-state index contributed by atoms with van der Waals surface area (Å²) in [5, 5.41) is 11.4. The molecule has 3 rings (SSSR count). The van der Waals surface area contributed by atoms with Crippen LogP contribution in [0.25, 0.3) is 28.1 Å². The van der Waals surface area contributed by atoms with Crippen LogP contribution >= 0.6 is 0 Å². The smallest absolute Gasteiger partial charge is 0.313 e. The number of aromatic nitrogens is 1. The van der Waals surface area contributed by atoms with Gasteiger partial charge in [-0.1, -0.05) is 36.4 Å². The lowest BCUT2D eigenvalue weighted by Crippen LogP contribution is -2.15. The quantitative estimate of drug-likeness (QED) is 0.412. The second kappa shape index (κ2) is 9.71. The van der Waals surface area contributed by atoms with Crippen LogP contribution in [0.3, 0.4) is 0 Å². The minimum atomic E-state index is -1.04. The Bertz CT molecular complexity index is 1110. The van der Waals surface area contributed by atoms with Crippen LogP contribution in [0.15, 0.2) is 54.6 Å². The molecule has 31 heavy (non-hydrogen) atoms. The number of rotatable bonds is 8. The first-order valence-corrected chi connectivity index (χ1v) is 10.2. The third-order valence-corrected chi connectivity index (χ3v) is 5.08. The van der Waals surface area contributed by atoms with Crippen LogP contribution in [0.5, 0.6) is 0 Å². The van der Waals surface area contributed by atoms with Crippen molar-refractivity contribution in [1.82, 2.24) is 4.57 Å². The van der Waals surface area contributed by atoms with Gasteiger partial charge in [-0.05, 0) is 43.7 Å². The van der Waals surface area contributed by atoms with Crippen molar-refractivity contribution in [2.45, 2.75) is 38.8 Å². The fraction of sp³-hybridized carbons (Fsp3) is 0.280. The van der Waals surface area contributed by atoms with Crippen LogP contribution in [0.1, 0.15) is 38.4 Å². The first-order chi connectivity index (χ1) is 14.8. The van der Waals surface area contributed by atoms with Gasteiger partial charge in [-0.2, -0.15) is 0 Å². The van der Waals surface area contributed by atoms with E-state index in [-0.39, 0.29) is 24.7 Å². The van der Waals surface area contributed by atoms with E-state index < -0.39 is 17.9 Å². The summed E-state index contributed by atoms with van der Waals surface area (Å²) in [5.41, 5.74) is 3.65. The molecule has 1 aromatic heterocycles. The highest BCUT2D eigenvalue weighted by atomic mass is 19.1. The summed E-state index contributed by atoms with van der Waals surface area (Å²) in [7, 11) is 1.22. The molecule has 0 fully saturated rings. The summed E-state index contributed by atoms with van der Waals surface area (Å²) in [6.45, 7) is 4.13. The van der Waals surface area contributed by atoms with E-state index in [1.54, 1.807) is 24.3 Å². The molecule has 0 spiro atoms. The third kappa shape index (κ3) is 5.09. The van der Waals surface area contributed by atoms with Gasteiger partial charge < -0.3 is 14.4 Å². The van der Waals surface area contributed by atoms with Crippen LogP contribution in [0.2, 0.25) is 0 Å². The monoisotopic (exact) mass is 423 g/mol. The number of hydrogen-bond acceptors (Lipinski definition) is 4. The van der Waals surface area contributed by atoms with Crippen LogP contribution in [0.4, 0.5) is 4.39 Å². The molecule has 6 heteroatoms. The molecule has 0 aliphatic rings. The van der Waals surface area contributed by atoms with Crippen molar-refractivity contribution >= 4 is 28.7 Å². The molecule has 0 amide bonds. The van der Waals surface area contributed by atoms with Gasteiger partial charge in [0.2, 0.25) is 0 Å². The van der Waals surface area contributed by atoms with Crippen molar-refractivity contribution in [2.75, 3.05) is 7.11 Å². The van der Waals surface area contributed by atoms with E-state index in [2.05, 4.69) is 23.2 Å². The Morgan fingerprint density at radius 2 is 1.81 bits per heavy atom. The zero-order valence-corrected chi connectivity index (χ0v) is 17.8. The molecule has 162 valence electrons. The van der Waals surface area contributed by atoms with Gasteiger partial charge in [0, 0.05) is 34.6 Å². The Morgan fingerprint density at radius 1 is 1.13 bits per heavy atom. The topological polar surface area (TPSA) is 68.5 Å². The first kappa shape index (κ1) is 22.4. The predicted molar refractivity (Wildman–Crippen MR) is 119 cm³/mol. The summed E-state index contributed by atoms with van der Waals surface area (Å²) < 4.78 is 20.2. The fourth-order valence-corrected chi connectivity index (χ4v) is 3.73. The van der Waals surface area contributed by atoms with E-state index >= 15 is 0 Å². The predicted octanol–water partition coefficient (Wildman–Crippen LogP) is 4.92. The standard InChI is InChI=1S/C25H26FNO4/c1-16(2)27-22-7-5-4-6-21(22)25(17-8-10-18(26)11-9-17)23(27)13-12-19(28)14-20(29)15-24(30)31-3/h4-13,16,19,28H,14-15H2,1-3H3/b13-12-/t19-/m0/s1. The van der Waals surface area contributed by atoms with Crippen LogP contribution in [-0.2, 0) is 14.3 Å². The summed E-state index contributed by atoms with van der Waals surface area (Å²) in [6, 6.07) is 14.4. The van der Waals surface area contributed by atoms with Crippen LogP contribution in [0, 0.1) is 5.82 Å². The number of ketones is 1. The Labute approximate surface area is 180 Å². The minimum Gasteiger partial charge on any atom is -0.469 e. The van der Waals surface area contributed by atoms with Crippen molar-refractivity contribution < 1.29 is 23.8 Å². The maximum absolute atomic E-state index is 13.5. The number of methoxy groups -OCH3 is 1. The zero-order chi connectivity index (χ0) is 22.5. The van der Waals surface area contributed by atoms with Crippen molar-refractivity contribution in [3.8, 4) is 11.1 Å². The molecule has 0 aliphatic heterocycles. The number of nitrogens with zero attached hydrogens (tertiary/aromatic N) is 1. The van der Waals surface area contributed by atoms with Crippen LogP contribution < -0.4 is 0 Å². The second-order valence-corrected chi connectivity index (χ2v) is 7.67. The molecule has 2 aromatic carbocycles. The molecule has 1 atom stereocenters. The van der Waals surface area contributed by atoms with E-state index in [0.717, 1.165) is 27.7 Å². The largest absolute Gasteiger partial charge is 0.469 e. The normalized spacial score (nSPS) is 12.6. The molecule has 0 aliphatic carbocycles. The SMILES string of the molecule is COC(=O)CC(=O)C[C@@H](O)/C=C\c1c(-c2ccc(F)cc2)c2ccccc2n1C(C)C. The van der Waals surface area contributed by atoms with Gasteiger partial charge in [0.1, 0.15) is 18.0 Å². The van der Waals surface area contributed by atoms with Crippen LogP contribution in [-0.4, -0.2) is 34.6 Å². The average molecular weight is 423 g/mol.